The van der Waals surface area contributed by atoms with Gasteiger partial charge in [0.1, 0.15) is 11.6 Å². The van der Waals surface area contributed by atoms with E-state index in [1.807, 2.05) is 20.0 Å². The molecule has 0 bridgehead atoms. The Hall–Kier alpha value is -2.06. The van der Waals surface area contributed by atoms with Gasteiger partial charge in [-0.05, 0) is 25.5 Å². The second-order valence-electron chi connectivity index (χ2n) is 5.87. The van der Waals surface area contributed by atoms with Crippen LogP contribution < -0.4 is 10.2 Å². The fourth-order valence-electron chi connectivity index (χ4n) is 2.30. The van der Waals surface area contributed by atoms with E-state index in [1.165, 1.54) is 11.8 Å². The monoisotopic (exact) mass is 378 g/mol. The summed E-state index contributed by atoms with van der Waals surface area (Å²) in [5.74, 6) is 2.24. The van der Waals surface area contributed by atoms with Gasteiger partial charge in [-0.3, -0.25) is 4.79 Å². The van der Waals surface area contributed by atoms with Crippen molar-refractivity contribution in [3.05, 3.63) is 35.4 Å². The van der Waals surface area contributed by atoms with Gasteiger partial charge in [0.2, 0.25) is 0 Å². The molecule has 0 saturated carbocycles. The van der Waals surface area contributed by atoms with E-state index in [9.17, 15) is 4.79 Å². The molecule has 0 aliphatic heterocycles. The van der Waals surface area contributed by atoms with Crippen LogP contribution in [0.4, 0.5) is 5.82 Å². The van der Waals surface area contributed by atoms with Crippen molar-refractivity contribution in [2.24, 2.45) is 0 Å². The number of furan rings is 1. The number of anilines is 1. The number of carbonyl (C=O) groups excluding carboxylic acids is 1. The predicted octanol–water partition coefficient (Wildman–Crippen LogP) is 2.89. The van der Waals surface area contributed by atoms with E-state index in [1.54, 1.807) is 19.2 Å². The lowest BCUT2D eigenvalue weighted by Gasteiger charge is -2.17. The van der Waals surface area contributed by atoms with Crippen molar-refractivity contribution in [1.29, 1.82) is 0 Å². The number of aromatic nitrogens is 2. The SMILES string of the molecule is CCCN(C)c1cc(C)nc(SCc2ccc(C(=O)NCCOC)o2)n1. The molecule has 0 saturated heterocycles. The number of methoxy groups -OCH3 is 1. The van der Waals surface area contributed by atoms with E-state index in [-0.39, 0.29) is 5.91 Å². The van der Waals surface area contributed by atoms with Crippen molar-refractivity contribution >= 4 is 23.5 Å². The van der Waals surface area contributed by atoms with Crippen LogP contribution in [0.15, 0.2) is 27.8 Å². The van der Waals surface area contributed by atoms with Crippen LogP contribution in [-0.2, 0) is 10.5 Å². The zero-order valence-electron chi connectivity index (χ0n) is 15.7. The van der Waals surface area contributed by atoms with E-state index < -0.39 is 0 Å². The number of hydrogen-bond acceptors (Lipinski definition) is 7. The molecule has 0 aliphatic rings. The van der Waals surface area contributed by atoms with Gasteiger partial charge in [-0.25, -0.2) is 9.97 Å². The molecule has 2 heterocycles. The summed E-state index contributed by atoms with van der Waals surface area (Å²) in [5.41, 5.74) is 0.929. The highest BCUT2D eigenvalue weighted by Gasteiger charge is 2.12. The molecule has 0 unspecified atom stereocenters. The van der Waals surface area contributed by atoms with Crippen molar-refractivity contribution in [2.45, 2.75) is 31.2 Å². The van der Waals surface area contributed by atoms with E-state index in [4.69, 9.17) is 9.15 Å². The highest BCUT2D eigenvalue weighted by molar-refractivity contribution is 7.98. The number of rotatable bonds is 10. The van der Waals surface area contributed by atoms with Gasteiger partial charge in [-0.15, -0.1) is 0 Å². The largest absolute Gasteiger partial charge is 0.455 e. The molecule has 8 heteroatoms. The highest BCUT2D eigenvalue weighted by atomic mass is 32.2. The molecule has 2 rings (SSSR count). The maximum atomic E-state index is 11.9. The maximum absolute atomic E-state index is 11.9. The third-order valence-electron chi connectivity index (χ3n) is 3.59. The molecular formula is C18H26N4O3S. The molecule has 1 amide bonds. The Morgan fingerprint density at radius 2 is 2.19 bits per heavy atom. The first-order valence-corrected chi connectivity index (χ1v) is 9.57. The highest BCUT2D eigenvalue weighted by Crippen LogP contribution is 2.23. The third kappa shape index (κ3) is 6.03. The van der Waals surface area contributed by atoms with Crippen LogP contribution in [0.2, 0.25) is 0 Å². The smallest absolute Gasteiger partial charge is 0.287 e. The molecule has 0 aromatic carbocycles. The number of amides is 1. The first kappa shape index (κ1) is 20.3. The molecule has 142 valence electrons. The second kappa shape index (κ2) is 10.2. The lowest BCUT2D eigenvalue weighted by Crippen LogP contribution is -2.26. The molecule has 2 aromatic rings. The summed E-state index contributed by atoms with van der Waals surface area (Å²) in [6.45, 7) is 5.96. The fourth-order valence-corrected chi connectivity index (χ4v) is 3.10. The van der Waals surface area contributed by atoms with Gasteiger partial charge in [-0.1, -0.05) is 18.7 Å². The van der Waals surface area contributed by atoms with E-state index in [0.29, 0.717) is 35.6 Å². The van der Waals surface area contributed by atoms with Crippen molar-refractivity contribution in [1.82, 2.24) is 15.3 Å². The summed E-state index contributed by atoms with van der Waals surface area (Å²) < 4.78 is 10.5. The maximum Gasteiger partial charge on any atom is 0.287 e. The lowest BCUT2D eigenvalue weighted by atomic mass is 10.4. The topological polar surface area (TPSA) is 80.5 Å². The average Bonchev–Trinajstić information content (AvgIpc) is 3.09. The van der Waals surface area contributed by atoms with Crippen LogP contribution >= 0.6 is 11.8 Å². The van der Waals surface area contributed by atoms with E-state index >= 15 is 0 Å². The summed E-state index contributed by atoms with van der Waals surface area (Å²) in [7, 11) is 3.62. The Balaban J connectivity index is 1.95. The van der Waals surface area contributed by atoms with Gasteiger partial charge >= 0.3 is 0 Å². The fraction of sp³-hybridized carbons (Fsp3) is 0.500. The number of ether oxygens (including phenoxy) is 1. The molecular weight excluding hydrogens is 352 g/mol. The van der Waals surface area contributed by atoms with E-state index in [0.717, 1.165) is 24.5 Å². The average molecular weight is 378 g/mol. The van der Waals surface area contributed by atoms with Gasteiger partial charge < -0.3 is 19.4 Å². The second-order valence-corrected chi connectivity index (χ2v) is 6.82. The minimum Gasteiger partial charge on any atom is -0.455 e. The quantitative estimate of drug-likeness (QED) is 0.387. The zero-order chi connectivity index (χ0) is 18.9. The Morgan fingerprint density at radius 3 is 2.92 bits per heavy atom. The van der Waals surface area contributed by atoms with Gasteiger partial charge in [0.05, 0.1) is 12.4 Å². The molecule has 7 nitrogen and oxygen atoms in total. The van der Waals surface area contributed by atoms with Crippen molar-refractivity contribution in [2.75, 3.05) is 38.8 Å². The van der Waals surface area contributed by atoms with Gasteiger partial charge in [0.25, 0.3) is 5.91 Å². The first-order chi connectivity index (χ1) is 12.5. The Kier molecular flexibility index (Phi) is 7.93. The minimum atomic E-state index is -0.242. The van der Waals surface area contributed by atoms with Gasteiger partial charge in [0.15, 0.2) is 10.9 Å². The molecule has 26 heavy (non-hydrogen) atoms. The molecule has 2 aromatic heterocycles. The van der Waals surface area contributed by atoms with Crippen LogP contribution in [0.5, 0.6) is 0 Å². The minimum absolute atomic E-state index is 0.242. The Bertz CT molecular complexity index is 720. The first-order valence-electron chi connectivity index (χ1n) is 8.59. The van der Waals surface area contributed by atoms with Crippen LogP contribution in [0.25, 0.3) is 0 Å². The van der Waals surface area contributed by atoms with Crippen LogP contribution in [0.1, 0.15) is 35.4 Å². The molecule has 1 N–H and O–H groups in total. The number of thioether (sulfide) groups is 1. The normalized spacial score (nSPS) is 10.8. The number of carbonyl (C=O) groups is 1. The van der Waals surface area contributed by atoms with Crippen LogP contribution in [0, 0.1) is 6.92 Å². The lowest BCUT2D eigenvalue weighted by molar-refractivity contribution is 0.0908. The number of nitrogens with one attached hydrogen (secondary N) is 1. The summed E-state index contributed by atoms with van der Waals surface area (Å²) >= 11 is 1.49. The number of nitrogens with zero attached hydrogens (tertiary/aromatic N) is 3. The predicted molar refractivity (Wildman–Crippen MR) is 103 cm³/mol. The molecule has 0 atom stereocenters. The molecule has 0 fully saturated rings. The van der Waals surface area contributed by atoms with Crippen LogP contribution in [-0.4, -0.2) is 49.7 Å². The number of hydrogen-bond donors (Lipinski definition) is 1. The zero-order valence-corrected chi connectivity index (χ0v) is 16.6. The van der Waals surface area contributed by atoms with Crippen molar-refractivity contribution in [3.8, 4) is 0 Å². The summed E-state index contributed by atoms with van der Waals surface area (Å²) in [4.78, 5) is 23.1. The van der Waals surface area contributed by atoms with E-state index in [2.05, 4.69) is 27.1 Å². The molecule has 0 spiro atoms. The van der Waals surface area contributed by atoms with Gasteiger partial charge in [0, 0.05) is 39.0 Å². The summed E-state index contributed by atoms with van der Waals surface area (Å²) in [6.07, 6.45) is 1.06. The van der Waals surface area contributed by atoms with Gasteiger partial charge in [-0.2, -0.15) is 0 Å². The standard InChI is InChI=1S/C18H26N4O3S/c1-5-9-22(3)16-11-13(2)20-18(21-16)26-12-14-6-7-15(25-14)17(23)19-8-10-24-4/h6-7,11H,5,8-10,12H2,1-4H3,(H,19,23). The number of aryl methyl sites for hydroxylation is 1. The molecule has 0 aliphatic carbocycles. The summed E-state index contributed by atoms with van der Waals surface area (Å²) in [5, 5.41) is 3.43. The third-order valence-corrected chi connectivity index (χ3v) is 4.46. The van der Waals surface area contributed by atoms with Crippen molar-refractivity contribution < 1.29 is 13.9 Å². The summed E-state index contributed by atoms with van der Waals surface area (Å²) in [6, 6.07) is 5.46. The van der Waals surface area contributed by atoms with Crippen molar-refractivity contribution in [3.63, 3.8) is 0 Å². The Labute approximate surface area is 158 Å². The Morgan fingerprint density at radius 1 is 1.38 bits per heavy atom. The van der Waals surface area contributed by atoms with Crippen LogP contribution in [0.3, 0.4) is 0 Å². The molecule has 0 radical (unpaired) electrons.